The number of likely N-dealkylation sites (tertiary alicyclic amines) is 1. The number of fused-ring (bicyclic) bond motifs is 1. The summed E-state index contributed by atoms with van der Waals surface area (Å²) >= 11 is 1.40. The molecule has 0 bridgehead atoms. The molecule has 24 heavy (non-hydrogen) atoms. The lowest BCUT2D eigenvalue weighted by atomic mass is 9.82. The highest BCUT2D eigenvalue weighted by molar-refractivity contribution is 7.12. The van der Waals surface area contributed by atoms with Crippen molar-refractivity contribution in [2.45, 2.75) is 37.4 Å². The molecule has 4 heterocycles. The van der Waals surface area contributed by atoms with Crippen LogP contribution in [0.15, 0.2) is 5.38 Å². The Hall–Kier alpha value is -1.31. The van der Waals surface area contributed by atoms with Crippen molar-refractivity contribution >= 4 is 17.2 Å². The van der Waals surface area contributed by atoms with Gasteiger partial charge in [-0.05, 0) is 25.7 Å². The Morgan fingerprint density at radius 1 is 1.29 bits per heavy atom. The Morgan fingerprint density at radius 2 is 2.08 bits per heavy atom. The fraction of sp³-hybridized carbons (Fsp3) is 0.706. The van der Waals surface area contributed by atoms with Crippen molar-refractivity contribution < 1.29 is 23.7 Å². The molecule has 1 amide bonds. The molecule has 4 rings (SSSR count). The summed E-state index contributed by atoms with van der Waals surface area (Å²) in [5, 5.41) is 1.86. The molecule has 6 nitrogen and oxygen atoms in total. The minimum Gasteiger partial charge on any atom is -0.485 e. The van der Waals surface area contributed by atoms with Gasteiger partial charge in [0.2, 0.25) is 0 Å². The predicted molar refractivity (Wildman–Crippen MR) is 89.2 cm³/mol. The van der Waals surface area contributed by atoms with E-state index in [0.29, 0.717) is 42.7 Å². The number of nitrogens with zero attached hydrogens (tertiary/aromatic N) is 1. The van der Waals surface area contributed by atoms with Crippen LogP contribution in [0, 0.1) is 0 Å². The Bertz CT molecular complexity index is 608. The van der Waals surface area contributed by atoms with Crippen LogP contribution in [0.5, 0.6) is 11.5 Å². The topological polar surface area (TPSA) is 57.2 Å². The highest BCUT2D eigenvalue weighted by Gasteiger charge is 2.45. The number of ether oxygens (including phenoxy) is 4. The van der Waals surface area contributed by atoms with Crippen molar-refractivity contribution in [3.8, 4) is 11.5 Å². The maximum absolute atomic E-state index is 12.9. The van der Waals surface area contributed by atoms with Crippen LogP contribution in [0.4, 0.5) is 0 Å². The maximum Gasteiger partial charge on any atom is 0.267 e. The van der Waals surface area contributed by atoms with E-state index in [1.807, 2.05) is 10.3 Å². The molecule has 0 saturated carbocycles. The highest BCUT2D eigenvalue weighted by Crippen LogP contribution is 2.41. The quantitative estimate of drug-likeness (QED) is 0.817. The lowest BCUT2D eigenvalue weighted by Gasteiger charge is -2.47. The van der Waals surface area contributed by atoms with Crippen LogP contribution in [0.25, 0.3) is 0 Å². The number of rotatable bonds is 2. The van der Waals surface area contributed by atoms with Gasteiger partial charge < -0.3 is 23.8 Å². The first-order valence-corrected chi connectivity index (χ1v) is 9.44. The van der Waals surface area contributed by atoms with Gasteiger partial charge in [-0.15, -0.1) is 11.3 Å². The van der Waals surface area contributed by atoms with Crippen LogP contribution in [0.2, 0.25) is 0 Å². The van der Waals surface area contributed by atoms with Crippen LogP contribution in [0.3, 0.4) is 0 Å². The molecule has 3 aliphatic rings. The average Bonchev–Trinajstić information content (AvgIpc) is 3.06. The SMILES string of the molecule is COC1CCCOC12CCN(C(=O)c1scc3c1OCCO3)CC2. The van der Waals surface area contributed by atoms with E-state index in [-0.39, 0.29) is 17.6 Å². The summed E-state index contributed by atoms with van der Waals surface area (Å²) in [6.45, 7) is 3.20. The second-order valence-electron chi connectivity index (χ2n) is 6.53. The first-order chi connectivity index (χ1) is 11.7. The molecule has 0 aliphatic carbocycles. The van der Waals surface area contributed by atoms with Gasteiger partial charge in [-0.2, -0.15) is 0 Å². The van der Waals surface area contributed by atoms with E-state index in [0.717, 1.165) is 32.3 Å². The summed E-state index contributed by atoms with van der Waals surface area (Å²) in [6.07, 6.45) is 3.86. The summed E-state index contributed by atoms with van der Waals surface area (Å²) in [4.78, 5) is 15.4. The number of methoxy groups -OCH3 is 1. The van der Waals surface area contributed by atoms with E-state index in [2.05, 4.69) is 0 Å². The molecule has 132 valence electrons. The van der Waals surface area contributed by atoms with Crippen LogP contribution >= 0.6 is 11.3 Å². The molecule has 1 aromatic rings. The highest BCUT2D eigenvalue weighted by atomic mass is 32.1. The van der Waals surface area contributed by atoms with E-state index in [9.17, 15) is 4.79 Å². The average molecular weight is 353 g/mol. The molecule has 0 N–H and O–H groups in total. The number of amides is 1. The molecule has 7 heteroatoms. The van der Waals surface area contributed by atoms with Crippen molar-refractivity contribution in [3.63, 3.8) is 0 Å². The van der Waals surface area contributed by atoms with E-state index < -0.39 is 0 Å². The molecule has 0 radical (unpaired) electrons. The first-order valence-electron chi connectivity index (χ1n) is 8.57. The number of piperidine rings is 1. The van der Waals surface area contributed by atoms with Crippen LogP contribution in [-0.4, -0.2) is 62.5 Å². The standard InChI is InChI=1S/C17H23NO5S/c1-20-13-3-2-8-23-17(13)4-6-18(7-5-17)16(19)15-14-12(11-24-15)21-9-10-22-14/h11,13H,2-10H2,1H3. The summed E-state index contributed by atoms with van der Waals surface area (Å²) in [5.74, 6) is 1.34. The Morgan fingerprint density at radius 3 is 2.88 bits per heavy atom. The largest absolute Gasteiger partial charge is 0.485 e. The second kappa shape index (κ2) is 6.54. The molecule has 1 atom stereocenters. The molecule has 1 aromatic heterocycles. The third-order valence-corrected chi connectivity index (χ3v) is 6.19. The van der Waals surface area contributed by atoms with Gasteiger partial charge in [0.15, 0.2) is 11.5 Å². The molecule has 2 saturated heterocycles. The number of carbonyl (C=O) groups excluding carboxylic acids is 1. The monoisotopic (exact) mass is 353 g/mol. The van der Waals surface area contributed by atoms with Gasteiger partial charge in [0.25, 0.3) is 5.91 Å². The number of thiophene rings is 1. The Balaban J connectivity index is 1.46. The predicted octanol–water partition coefficient (Wildman–Crippen LogP) is 2.32. The fourth-order valence-corrected chi connectivity index (χ4v) is 4.84. The van der Waals surface area contributed by atoms with Crippen LogP contribution < -0.4 is 9.47 Å². The van der Waals surface area contributed by atoms with Crippen molar-refractivity contribution in [2.75, 3.05) is 40.0 Å². The van der Waals surface area contributed by atoms with E-state index in [4.69, 9.17) is 18.9 Å². The Kier molecular flexibility index (Phi) is 4.40. The zero-order chi connectivity index (χ0) is 16.6. The van der Waals surface area contributed by atoms with Gasteiger partial charge in [0.05, 0.1) is 11.7 Å². The lowest BCUT2D eigenvalue weighted by molar-refractivity contribution is -0.183. The number of hydrogen-bond donors (Lipinski definition) is 0. The number of hydrogen-bond acceptors (Lipinski definition) is 6. The van der Waals surface area contributed by atoms with E-state index in [1.165, 1.54) is 11.3 Å². The third kappa shape index (κ3) is 2.68. The van der Waals surface area contributed by atoms with E-state index in [1.54, 1.807) is 7.11 Å². The van der Waals surface area contributed by atoms with Crippen LogP contribution in [-0.2, 0) is 9.47 Å². The van der Waals surface area contributed by atoms with Gasteiger partial charge in [0, 0.05) is 32.2 Å². The minimum absolute atomic E-state index is 0.0337. The fourth-order valence-electron chi connectivity index (χ4n) is 3.94. The molecule has 3 aliphatic heterocycles. The van der Waals surface area contributed by atoms with Gasteiger partial charge >= 0.3 is 0 Å². The van der Waals surface area contributed by atoms with Crippen molar-refractivity contribution in [1.82, 2.24) is 4.90 Å². The smallest absolute Gasteiger partial charge is 0.267 e. The molecular formula is C17H23NO5S. The van der Waals surface area contributed by atoms with Crippen LogP contribution in [0.1, 0.15) is 35.4 Å². The molecule has 1 spiro atoms. The Labute approximate surface area is 145 Å². The molecule has 1 unspecified atom stereocenters. The first kappa shape index (κ1) is 16.2. The van der Waals surface area contributed by atoms with Gasteiger partial charge in [-0.1, -0.05) is 0 Å². The van der Waals surface area contributed by atoms with Crippen molar-refractivity contribution in [1.29, 1.82) is 0 Å². The maximum atomic E-state index is 12.9. The van der Waals surface area contributed by atoms with Gasteiger partial charge in [-0.3, -0.25) is 4.79 Å². The normalized spacial score (nSPS) is 25.7. The van der Waals surface area contributed by atoms with E-state index >= 15 is 0 Å². The third-order valence-electron chi connectivity index (χ3n) is 5.26. The second-order valence-corrected chi connectivity index (χ2v) is 7.41. The van der Waals surface area contributed by atoms with Gasteiger partial charge in [0.1, 0.15) is 18.1 Å². The zero-order valence-corrected chi connectivity index (χ0v) is 14.7. The molecule has 2 fully saturated rings. The van der Waals surface area contributed by atoms with Gasteiger partial charge in [-0.25, -0.2) is 0 Å². The summed E-state index contributed by atoms with van der Waals surface area (Å²) in [5.41, 5.74) is -0.224. The number of carbonyl (C=O) groups is 1. The summed E-state index contributed by atoms with van der Waals surface area (Å²) in [6, 6.07) is 0. The van der Waals surface area contributed by atoms with Crippen molar-refractivity contribution in [2.24, 2.45) is 0 Å². The molecular weight excluding hydrogens is 330 g/mol. The molecule has 0 aromatic carbocycles. The van der Waals surface area contributed by atoms with Crippen molar-refractivity contribution in [3.05, 3.63) is 10.3 Å². The lowest BCUT2D eigenvalue weighted by Crippen LogP contribution is -2.56. The minimum atomic E-state index is -0.224. The summed E-state index contributed by atoms with van der Waals surface area (Å²) in [7, 11) is 1.76. The summed E-state index contributed by atoms with van der Waals surface area (Å²) < 4.78 is 23.0. The zero-order valence-electron chi connectivity index (χ0n) is 13.9.